The zero-order chi connectivity index (χ0) is 18.1. The van der Waals surface area contributed by atoms with Gasteiger partial charge in [-0.3, -0.25) is 4.98 Å². The summed E-state index contributed by atoms with van der Waals surface area (Å²) >= 11 is 12.4. The number of hydrogen-bond donors (Lipinski definition) is 2. The number of H-pyrrole nitrogens is 1. The number of pyridine rings is 2. The van der Waals surface area contributed by atoms with Gasteiger partial charge in [-0.1, -0.05) is 23.2 Å². The summed E-state index contributed by atoms with van der Waals surface area (Å²) in [5.74, 6) is 1.39. The summed E-state index contributed by atoms with van der Waals surface area (Å²) in [6.07, 6.45) is 5.91. The lowest BCUT2D eigenvalue weighted by atomic mass is 10.2. The van der Waals surface area contributed by atoms with Crippen molar-refractivity contribution in [3.05, 3.63) is 52.8 Å². The van der Waals surface area contributed by atoms with Crippen molar-refractivity contribution in [3.8, 4) is 17.5 Å². The van der Waals surface area contributed by atoms with Crippen LogP contribution < -0.4 is 5.32 Å². The molecule has 4 aromatic rings. The molecule has 8 nitrogen and oxygen atoms in total. The monoisotopic (exact) mass is 382 g/mol. The molecule has 0 spiro atoms. The lowest BCUT2D eigenvalue weighted by molar-refractivity contribution is 1.13. The number of nitriles is 1. The van der Waals surface area contributed by atoms with Gasteiger partial charge in [0.2, 0.25) is 0 Å². The molecule has 0 saturated carbocycles. The first-order valence-corrected chi connectivity index (χ1v) is 8.04. The Labute approximate surface area is 156 Å². The molecule has 26 heavy (non-hydrogen) atoms. The smallest absolute Gasteiger partial charge is 0.159 e. The topological polar surface area (TPSA) is 116 Å². The van der Waals surface area contributed by atoms with E-state index in [1.807, 2.05) is 6.07 Å². The largest absolute Gasteiger partial charge is 0.338 e. The molecule has 0 fully saturated rings. The van der Waals surface area contributed by atoms with Crippen molar-refractivity contribution in [1.29, 1.82) is 5.26 Å². The van der Waals surface area contributed by atoms with E-state index in [0.717, 1.165) is 5.52 Å². The van der Waals surface area contributed by atoms with E-state index < -0.39 is 0 Å². The van der Waals surface area contributed by atoms with Crippen LogP contribution in [0.15, 0.2) is 37.1 Å². The average Bonchev–Trinajstić information content (AvgIpc) is 3.06. The number of anilines is 2. The normalized spacial score (nSPS) is 10.7. The minimum Gasteiger partial charge on any atom is -0.338 e. The molecule has 10 heteroatoms. The first-order valence-electron chi connectivity index (χ1n) is 7.29. The number of rotatable bonds is 3. The number of fused-ring (bicyclic) bond motifs is 1. The van der Waals surface area contributed by atoms with Crippen molar-refractivity contribution >= 4 is 45.9 Å². The van der Waals surface area contributed by atoms with Crippen LogP contribution in [0.3, 0.4) is 0 Å². The van der Waals surface area contributed by atoms with E-state index in [4.69, 9.17) is 28.5 Å². The second-order valence-electron chi connectivity index (χ2n) is 5.14. The van der Waals surface area contributed by atoms with Crippen molar-refractivity contribution in [2.24, 2.45) is 0 Å². The number of aromatic nitrogens is 6. The summed E-state index contributed by atoms with van der Waals surface area (Å²) in [7, 11) is 0. The predicted octanol–water partition coefficient (Wildman–Crippen LogP) is 3.73. The molecular formula is C16H8Cl2N8. The Morgan fingerprint density at radius 3 is 2.69 bits per heavy atom. The molecule has 0 atom stereocenters. The Bertz CT molecular complexity index is 1140. The molecule has 0 aromatic carbocycles. The first kappa shape index (κ1) is 16.2. The summed E-state index contributed by atoms with van der Waals surface area (Å²) in [6.45, 7) is 0. The Morgan fingerprint density at radius 1 is 1.12 bits per heavy atom. The molecule has 2 N–H and O–H groups in total. The molecule has 0 amide bonds. The third-order valence-electron chi connectivity index (χ3n) is 3.52. The maximum absolute atomic E-state index is 8.95. The Morgan fingerprint density at radius 2 is 1.92 bits per heavy atom. The van der Waals surface area contributed by atoms with Crippen molar-refractivity contribution in [2.75, 3.05) is 5.32 Å². The minimum atomic E-state index is 0.243. The molecule has 4 aromatic heterocycles. The summed E-state index contributed by atoms with van der Waals surface area (Å²) in [5, 5.41) is 12.8. The lowest BCUT2D eigenvalue weighted by Gasteiger charge is -2.04. The Balaban J connectivity index is 1.80. The number of aromatic amines is 1. The molecule has 4 heterocycles. The SMILES string of the molecule is N#Cc1cc(Nc2nccc3[nH]c(-c4c(Cl)cncc4Cl)nc23)ncn1. The van der Waals surface area contributed by atoms with E-state index in [-0.39, 0.29) is 5.69 Å². The maximum Gasteiger partial charge on any atom is 0.159 e. The number of imidazole rings is 1. The molecule has 0 bridgehead atoms. The number of hydrogen-bond acceptors (Lipinski definition) is 7. The number of nitrogens with one attached hydrogen (secondary N) is 2. The fourth-order valence-corrected chi connectivity index (χ4v) is 2.93. The van der Waals surface area contributed by atoms with Gasteiger partial charge in [-0.25, -0.2) is 19.9 Å². The molecule has 126 valence electrons. The van der Waals surface area contributed by atoms with E-state index in [1.54, 1.807) is 12.3 Å². The molecule has 0 radical (unpaired) electrons. The van der Waals surface area contributed by atoms with Crippen LogP contribution in [0.5, 0.6) is 0 Å². The van der Waals surface area contributed by atoms with Crippen LogP contribution in [-0.4, -0.2) is 29.9 Å². The maximum atomic E-state index is 8.95. The number of nitrogens with zero attached hydrogens (tertiary/aromatic N) is 6. The van der Waals surface area contributed by atoms with Gasteiger partial charge >= 0.3 is 0 Å². The standard InChI is InChI=1S/C16H8Cl2N8/c17-9-5-20-6-10(18)13(9)15-24-11-1-2-21-16(14(11)26-15)25-12-3-8(4-19)22-7-23-12/h1-3,5-7H,(H,24,26)(H,21,22,23,25). The molecule has 0 saturated heterocycles. The van der Waals surface area contributed by atoms with E-state index >= 15 is 0 Å². The first-order chi connectivity index (χ1) is 12.7. The van der Waals surface area contributed by atoms with Gasteiger partial charge in [0.15, 0.2) is 5.82 Å². The highest BCUT2D eigenvalue weighted by Gasteiger charge is 2.16. The van der Waals surface area contributed by atoms with E-state index in [1.165, 1.54) is 24.8 Å². The van der Waals surface area contributed by atoms with Crippen LogP contribution in [0.4, 0.5) is 11.6 Å². The highest BCUT2D eigenvalue weighted by Crippen LogP contribution is 2.34. The second kappa shape index (κ2) is 6.55. The Kier molecular flexibility index (Phi) is 4.08. The van der Waals surface area contributed by atoms with Gasteiger partial charge in [-0.15, -0.1) is 0 Å². The van der Waals surface area contributed by atoms with E-state index in [2.05, 4.69) is 35.2 Å². The molecule has 0 aliphatic heterocycles. The van der Waals surface area contributed by atoms with Gasteiger partial charge in [0.05, 0.1) is 21.1 Å². The molecule has 0 unspecified atom stereocenters. The highest BCUT2D eigenvalue weighted by molar-refractivity contribution is 6.38. The molecule has 0 aliphatic rings. The zero-order valence-corrected chi connectivity index (χ0v) is 14.4. The summed E-state index contributed by atoms with van der Waals surface area (Å²) < 4.78 is 0. The third-order valence-corrected chi connectivity index (χ3v) is 4.09. The molecule has 4 rings (SSSR count). The minimum absolute atomic E-state index is 0.243. The van der Waals surface area contributed by atoms with Crippen molar-refractivity contribution < 1.29 is 0 Å². The van der Waals surface area contributed by atoms with Crippen LogP contribution in [-0.2, 0) is 0 Å². The van der Waals surface area contributed by atoms with Crippen LogP contribution in [0, 0.1) is 11.3 Å². The van der Waals surface area contributed by atoms with E-state index in [0.29, 0.717) is 38.6 Å². The van der Waals surface area contributed by atoms with Gasteiger partial charge < -0.3 is 10.3 Å². The number of halogens is 2. The quantitative estimate of drug-likeness (QED) is 0.554. The van der Waals surface area contributed by atoms with Gasteiger partial charge in [-0.2, -0.15) is 5.26 Å². The lowest BCUT2D eigenvalue weighted by Crippen LogP contribution is -1.98. The third kappa shape index (κ3) is 2.90. The van der Waals surface area contributed by atoms with Crippen LogP contribution in [0.1, 0.15) is 5.69 Å². The summed E-state index contributed by atoms with van der Waals surface area (Å²) in [5.41, 5.74) is 2.10. The van der Waals surface area contributed by atoms with Crippen molar-refractivity contribution in [3.63, 3.8) is 0 Å². The average molecular weight is 383 g/mol. The molecular weight excluding hydrogens is 375 g/mol. The summed E-state index contributed by atoms with van der Waals surface area (Å²) in [4.78, 5) is 23.9. The van der Waals surface area contributed by atoms with Gasteiger partial charge in [-0.05, 0) is 6.07 Å². The van der Waals surface area contributed by atoms with Crippen molar-refractivity contribution in [2.45, 2.75) is 0 Å². The predicted molar refractivity (Wildman–Crippen MR) is 97.2 cm³/mol. The van der Waals surface area contributed by atoms with Crippen LogP contribution in [0.2, 0.25) is 10.0 Å². The summed E-state index contributed by atoms with van der Waals surface area (Å²) in [6, 6.07) is 5.26. The molecule has 0 aliphatic carbocycles. The van der Waals surface area contributed by atoms with Gasteiger partial charge in [0, 0.05) is 24.7 Å². The fraction of sp³-hybridized carbons (Fsp3) is 0. The van der Waals surface area contributed by atoms with Gasteiger partial charge in [0.1, 0.15) is 35.2 Å². The van der Waals surface area contributed by atoms with Crippen LogP contribution >= 0.6 is 23.2 Å². The fourth-order valence-electron chi connectivity index (χ4n) is 2.39. The van der Waals surface area contributed by atoms with E-state index in [9.17, 15) is 0 Å². The Hall–Kier alpha value is -3.28. The van der Waals surface area contributed by atoms with Gasteiger partial charge in [0.25, 0.3) is 0 Å². The highest BCUT2D eigenvalue weighted by atomic mass is 35.5. The second-order valence-corrected chi connectivity index (χ2v) is 5.96. The van der Waals surface area contributed by atoms with Crippen LogP contribution in [0.25, 0.3) is 22.4 Å². The van der Waals surface area contributed by atoms with Crippen molar-refractivity contribution in [1.82, 2.24) is 29.9 Å². The zero-order valence-electron chi connectivity index (χ0n) is 12.9.